The van der Waals surface area contributed by atoms with Gasteiger partial charge in [-0.3, -0.25) is 0 Å². The molecule has 9 heavy (non-hydrogen) atoms. The maximum absolute atomic E-state index is 2.37. The van der Waals surface area contributed by atoms with Gasteiger partial charge < -0.3 is 0 Å². The van der Waals surface area contributed by atoms with Gasteiger partial charge in [0, 0.05) is 0 Å². The summed E-state index contributed by atoms with van der Waals surface area (Å²) in [5.74, 6) is 2.25. The fourth-order valence-corrected chi connectivity index (χ4v) is 1.14. The van der Waals surface area contributed by atoms with Crippen molar-refractivity contribution in [2.24, 2.45) is 5.92 Å². The molecule has 0 unspecified atom stereocenters. The Kier molecular flexibility index (Phi) is 3.20. The maximum Gasteiger partial charge on any atom is -0.00357 e. The second kappa shape index (κ2) is 3.99. The zero-order chi connectivity index (χ0) is 6.53. The molecule has 1 heteroatoms. The van der Waals surface area contributed by atoms with Gasteiger partial charge in [-0.05, 0) is 37.2 Å². The third kappa shape index (κ3) is 3.63. The summed E-state index contributed by atoms with van der Waals surface area (Å²) in [6.45, 7) is 0. The van der Waals surface area contributed by atoms with Crippen molar-refractivity contribution < 1.29 is 0 Å². The minimum Gasteiger partial charge on any atom is -0.165 e. The number of allylic oxidation sites excluding steroid dienone is 2. The Labute approximate surface area is 61.7 Å². The van der Waals surface area contributed by atoms with Crippen molar-refractivity contribution in [2.75, 3.05) is 12.0 Å². The van der Waals surface area contributed by atoms with Gasteiger partial charge in [0.15, 0.2) is 0 Å². The molecular weight excluding hydrogens is 128 g/mol. The quantitative estimate of drug-likeness (QED) is 0.429. The lowest BCUT2D eigenvalue weighted by molar-refractivity contribution is 1.09. The lowest BCUT2D eigenvalue weighted by Crippen LogP contribution is -1.71. The van der Waals surface area contributed by atoms with Gasteiger partial charge in [-0.15, -0.1) is 0 Å². The monoisotopic (exact) mass is 142 g/mol. The summed E-state index contributed by atoms with van der Waals surface area (Å²) >= 11 is 1.92. The van der Waals surface area contributed by atoms with Crippen LogP contribution in [0.4, 0.5) is 0 Å². The van der Waals surface area contributed by atoms with Crippen LogP contribution < -0.4 is 0 Å². The number of hydrogen-bond acceptors (Lipinski definition) is 1. The first-order valence-corrected chi connectivity index (χ1v) is 4.98. The fraction of sp³-hybridized carbons (Fsp3) is 0.750. The third-order valence-electron chi connectivity index (χ3n) is 1.52. The van der Waals surface area contributed by atoms with Gasteiger partial charge in [-0.1, -0.05) is 12.2 Å². The average molecular weight is 142 g/mol. The first kappa shape index (κ1) is 7.20. The Morgan fingerprint density at radius 2 is 2.33 bits per heavy atom. The Balaban J connectivity index is 1.89. The van der Waals surface area contributed by atoms with E-state index in [4.69, 9.17) is 0 Å². The highest BCUT2D eigenvalue weighted by Gasteiger charge is 2.16. The van der Waals surface area contributed by atoms with Gasteiger partial charge in [0.2, 0.25) is 0 Å². The molecule has 1 aliphatic rings. The SMILES string of the molecule is CSCCC=CC1CC1. The van der Waals surface area contributed by atoms with Crippen molar-refractivity contribution >= 4 is 11.8 Å². The molecular formula is C8H14S. The normalized spacial score (nSPS) is 19.2. The first-order chi connectivity index (χ1) is 4.43. The summed E-state index contributed by atoms with van der Waals surface area (Å²) in [6, 6.07) is 0. The summed E-state index contributed by atoms with van der Waals surface area (Å²) in [4.78, 5) is 0. The Morgan fingerprint density at radius 1 is 1.56 bits per heavy atom. The van der Waals surface area contributed by atoms with Gasteiger partial charge >= 0.3 is 0 Å². The van der Waals surface area contributed by atoms with E-state index in [0.29, 0.717) is 0 Å². The Hall–Kier alpha value is 0.0900. The predicted molar refractivity (Wildman–Crippen MR) is 44.9 cm³/mol. The number of rotatable bonds is 4. The van der Waals surface area contributed by atoms with Crippen LogP contribution >= 0.6 is 11.8 Å². The minimum atomic E-state index is 0.965. The molecule has 0 heterocycles. The number of thioether (sulfide) groups is 1. The van der Waals surface area contributed by atoms with Crippen LogP contribution in [0, 0.1) is 5.92 Å². The molecule has 1 aliphatic carbocycles. The van der Waals surface area contributed by atoms with E-state index in [9.17, 15) is 0 Å². The van der Waals surface area contributed by atoms with Crippen molar-refractivity contribution in [3.05, 3.63) is 12.2 Å². The van der Waals surface area contributed by atoms with Crippen molar-refractivity contribution in [3.8, 4) is 0 Å². The molecule has 0 aromatic heterocycles. The van der Waals surface area contributed by atoms with E-state index in [1.165, 1.54) is 25.0 Å². The molecule has 0 aromatic carbocycles. The van der Waals surface area contributed by atoms with Gasteiger partial charge in [0.1, 0.15) is 0 Å². The first-order valence-electron chi connectivity index (χ1n) is 3.59. The van der Waals surface area contributed by atoms with Gasteiger partial charge in [-0.25, -0.2) is 0 Å². The molecule has 52 valence electrons. The molecule has 0 spiro atoms. The molecule has 0 atom stereocenters. The zero-order valence-corrected chi connectivity index (χ0v) is 6.79. The van der Waals surface area contributed by atoms with E-state index in [1.54, 1.807) is 0 Å². The molecule has 0 nitrogen and oxygen atoms in total. The summed E-state index contributed by atoms with van der Waals surface area (Å²) < 4.78 is 0. The topological polar surface area (TPSA) is 0 Å². The summed E-state index contributed by atoms with van der Waals surface area (Å²) in [5, 5.41) is 0. The van der Waals surface area contributed by atoms with Gasteiger partial charge in [0.25, 0.3) is 0 Å². The third-order valence-corrected chi connectivity index (χ3v) is 2.16. The molecule has 0 aromatic rings. The van der Waals surface area contributed by atoms with Crippen LogP contribution in [0.5, 0.6) is 0 Å². The lowest BCUT2D eigenvalue weighted by atomic mass is 10.3. The molecule has 0 aliphatic heterocycles. The minimum absolute atomic E-state index is 0.965. The van der Waals surface area contributed by atoms with Crippen LogP contribution in [0.25, 0.3) is 0 Å². The van der Waals surface area contributed by atoms with E-state index in [2.05, 4.69) is 18.4 Å². The highest BCUT2D eigenvalue weighted by molar-refractivity contribution is 7.98. The second-order valence-electron chi connectivity index (χ2n) is 2.55. The standard InChI is InChI=1S/C8H14S/c1-9-7-3-2-4-8-5-6-8/h2,4,8H,3,5-7H2,1H3. The molecule has 1 saturated carbocycles. The van der Waals surface area contributed by atoms with E-state index >= 15 is 0 Å². The second-order valence-corrected chi connectivity index (χ2v) is 3.53. The van der Waals surface area contributed by atoms with Crippen LogP contribution in [0.2, 0.25) is 0 Å². The van der Waals surface area contributed by atoms with Crippen molar-refractivity contribution in [1.29, 1.82) is 0 Å². The van der Waals surface area contributed by atoms with Crippen LogP contribution in [0.3, 0.4) is 0 Å². The van der Waals surface area contributed by atoms with Crippen molar-refractivity contribution in [2.45, 2.75) is 19.3 Å². The molecule has 1 fully saturated rings. The maximum atomic E-state index is 2.37. The Morgan fingerprint density at radius 3 is 2.89 bits per heavy atom. The molecule has 0 N–H and O–H groups in total. The highest BCUT2D eigenvalue weighted by Crippen LogP contribution is 2.30. The highest BCUT2D eigenvalue weighted by atomic mass is 32.2. The van der Waals surface area contributed by atoms with E-state index in [-0.39, 0.29) is 0 Å². The van der Waals surface area contributed by atoms with E-state index < -0.39 is 0 Å². The van der Waals surface area contributed by atoms with E-state index in [1.807, 2.05) is 11.8 Å². The molecule has 0 radical (unpaired) electrons. The Bertz CT molecular complexity index is 92.7. The van der Waals surface area contributed by atoms with Crippen LogP contribution in [0.15, 0.2) is 12.2 Å². The van der Waals surface area contributed by atoms with Gasteiger partial charge in [-0.2, -0.15) is 11.8 Å². The van der Waals surface area contributed by atoms with Crippen LogP contribution in [-0.2, 0) is 0 Å². The molecule has 0 bridgehead atoms. The van der Waals surface area contributed by atoms with Crippen molar-refractivity contribution in [1.82, 2.24) is 0 Å². The average Bonchev–Trinajstić information content (AvgIpc) is 2.63. The molecule has 0 saturated heterocycles. The predicted octanol–water partition coefficient (Wildman–Crippen LogP) is 2.71. The van der Waals surface area contributed by atoms with Crippen LogP contribution in [0.1, 0.15) is 19.3 Å². The van der Waals surface area contributed by atoms with Gasteiger partial charge in [0.05, 0.1) is 0 Å². The van der Waals surface area contributed by atoms with Crippen molar-refractivity contribution in [3.63, 3.8) is 0 Å². The smallest absolute Gasteiger partial charge is 0.00357 e. The molecule has 1 rings (SSSR count). The van der Waals surface area contributed by atoms with Crippen LogP contribution in [-0.4, -0.2) is 12.0 Å². The summed E-state index contributed by atoms with van der Waals surface area (Å²) in [5.41, 5.74) is 0. The molecule has 0 amide bonds. The number of hydrogen-bond donors (Lipinski definition) is 0. The lowest BCUT2D eigenvalue weighted by Gasteiger charge is -1.86. The summed E-state index contributed by atoms with van der Waals surface area (Å²) in [7, 11) is 0. The fourth-order valence-electron chi connectivity index (χ4n) is 0.763. The zero-order valence-electron chi connectivity index (χ0n) is 5.97. The summed E-state index contributed by atoms with van der Waals surface area (Å²) in [6.07, 6.45) is 11.0. The van der Waals surface area contributed by atoms with E-state index in [0.717, 1.165) is 5.92 Å². The largest absolute Gasteiger partial charge is 0.165 e.